The lowest BCUT2D eigenvalue weighted by atomic mass is 10.2. The molecule has 5 nitrogen and oxygen atoms in total. The molecule has 0 aliphatic rings. The van der Waals surface area contributed by atoms with Crippen LogP contribution in [-0.2, 0) is 6.54 Å². The normalized spacial score (nSPS) is 10.6. The molecule has 0 spiro atoms. The number of carbonyl (C=O) groups excluding carboxylic acids is 1. The van der Waals surface area contributed by atoms with E-state index in [-0.39, 0.29) is 5.91 Å². The molecule has 26 heavy (non-hydrogen) atoms. The molecule has 0 unspecified atom stereocenters. The van der Waals surface area contributed by atoms with Crippen LogP contribution in [0.3, 0.4) is 0 Å². The van der Waals surface area contributed by atoms with Crippen LogP contribution in [0.15, 0.2) is 85.2 Å². The average Bonchev–Trinajstić information content (AvgIpc) is 3.11. The number of ether oxygens (including phenoxy) is 1. The third-order valence-electron chi connectivity index (χ3n) is 4.04. The summed E-state index contributed by atoms with van der Waals surface area (Å²) in [6.07, 6.45) is 3.65. The summed E-state index contributed by atoms with van der Waals surface area (Å²) in [5.41, 5.74) is 2.55. The highest BCUT2D eigenvalue weighted by Crippen LogP contribution is 2.21. The van der Waals surface area contributed by atoms with E-state index in [2.05, 4.69) is 10.4 Å². The second kappa shape index (κ2) is 7.11. The van der Waals surface area contributed by atoms with E-state index in [1.165, 1.54) is 0 Å². The van der Waals surface area contributed by atoms with E-state index in [9.17, 15) is 4.79 Å². The molecule has 5 heteroatoms. The molecular weight excluding hydrogens is 326 g/mol. The number of amides is 1. The van der Waals surface area contributed by atoms with E-state index in [0.717, 1.165) is 16.8 Å². The topological polar surface area (TPSA) is 55.6 Å². The Morgan fingerprint density at radius 1 is 0.923 bits per heavy atom. The fourth-order valence-electron chi connectivity index (χ4n) is 2.70. The molecule has 128 valence electrons. The van der Waals surface area contributed by atoms with E-state index in [0.29, 0.717) is 17.9 Å². The molecular formula is C21H17N3O2. The van der Waals surface area contributed by atoms with Gasteiger partial charge in [0, 0.05) is 23.9 Å². The van der Waals surface area contributed by atoms with Crippen LogP contribution in [0.1, 0.15) is 15.9 Å². The van der Waals surface area contributed by atoms with Crippen LogP contribution in [0.4, 0.5) is 0 Å². The molecule has 4 rings (SSSR count). The highest BCUT2D eigenvalue weighted by atomic mass is 16.5. The zero-order valence-electron chi connectivity index (χ0n) is 14.0. The lowest BCUT2D eigenvalue weighted by Gasteiger charge is -2.07. The highest BCUT2D eigenvalue weighted by molar-refractivity contribution is 5.94. The van der Waals surface area contributed by atoms with Gasteiger partial charge in [-0.3, -0.25) is 4.79 Å². The van der Waals surface area contributed by atoms with Crippen LogP contribution >= 0.6 is 0 Å². The fourth-order valence-corrected chi connectivity index (χ4v) is 2.70. The minimum Gasteiger partial charge on any atom is -0.457 e. The van der Waals surface area contributed by atoms with Gasteiger partial charge in [-0.1, -0.05) is 24.3 Å². The summed E-state index contributed by atoms with van der Waals surface area (Å²) < 4.78 is 7.53. The Hall–Kier alpha value is -3.60. The fraction of sp³-hybridized carbons (Fsp3) is 0.0476. The number of carbonyl (C=O) groups is 1. The van der Waals surface area contributed by atoms with Crippen molar-refractivity contribution < 1.29 is 9.53 Å². The number of nitrogens with one attached hydrogen (secondary N) is 1. The number of pyridine rings is 1. The predicted molar refractivity (Wildman–Crippen MR) is 99.3 cm³/mol. The van der Waals surface area contributed by atoms with E-state index in [4.69, 9.17) is 4.74 Å². The summed E-state index contributed by atoms with van der Waals surface area (Å²) in [6.45, 7) is 0.425. The van der Waals surface area contributed by atoms with Gasteiger partial charge in [0.25, 0.3) is 5.91 Å². The van der Waals surface area contributed by atoms with Crippen molar-refractivity contribution in [3.8, 4) is 11.5 Å². The Kier molecular flexibility index (Phi) is 4.35. The molecule has 0 radical (unpaired) electrons. The van der Waals surface area contributed by atoms with Gasteiger partial charge in [0.05, 0.1) is 11.7 Å². The third kappa shape index (κ3) is 3.42. The quantitative estimate of drug-likeness (QED) is 0.595. The zero-order chi connectivity index (χ0) is 17.8. The van der Waals surface area contributed by atoms with Crippen LogP contribution in [0.25, 0.3) is 5.52 Å². The number of rotatable bonds is 5. The van der Waals surface area contributed by atoms with Crippen molar-refractivity contribution in [1.82, 2.24) is 14.9 Å². The summed E-state index contributed by atoms with van der Waals surface area (Å²) in [7, 11) is 0. The molecule has 1 amide bonds. The highest BCUT2D eigenvalue weighted by Gasteiger charge is 2.08. The molecule has 2 heterocycles. The van der Waals surface area contributed by atoms with Crippen molar-refractivity contribution in [2.75, 3.05) is 0 Å². The predicted octanol–water partition coefficient (Wildman–Crippen LogP) is 4.06. The van der Waals surface area contributed by atoms with Crippen LogP contribution in [0.5, 0.6) is 11.5 Å². The van der Waals surface area contributed by atoms with Crippen molar-refractivity contribution >= 4 is 11.4 Å². The Bertz CT molecular complexity index is 1020. The second-order valence-corrected chi connectivity index (χ2v) is 5.82. The number of benzene rings is 2. The first-order chi connectivity index (χ1) is 12.8. The minimum atomic E-state index is -0.133. The van der Waals surface area contributed by atoms with Crippen molar-refractivity contribution in [2.45, 2.75) is 6.54 Å². The number of aromatic nitrogens is 2. The SMILES string of the molecule is O=C(NCc1cnn2ccccc12)c1ccc(Oc2ccccc2)cc1. The van der Waals surface area contributed by atoms with Crippen molar-refractivity contribution in [3.63, 3.8) is 0 Å². The van der Waals surface area contributed by atoms with Gasteiger partial charge in [-0.05, 0) is 48.5 Å². The van der Waals surface area contributed by atoms with Crippen LogP contribution < -0.4 is 10.1 Å². The maximum atomic E-state index is 12.4. The van der Waals surface area contributed by atoms with Crippen molar-refractivity contribution in [3.05, 3.63) is 96.3 Å². The molecule has 0 fully saturated rings. The average molecular weight is 343 g/mol. The molecule has 0 saturated heterocycles. The monoisotopic (exact) mass is 343 g/mol. The van der Waals surface area contributed by atoms with Crippen LogP contribution in [-0.4, -0.2) is 15.5 Å². The van der Waals surface area contributed by atoms with E-state index >= 15 is 0 Å². The van der Waals surface area contributed by atoms with Crippen LogP contribution in [0.2, 0.25) is 0 Å². The number of hydrogen-bond acceptors (Lipinski definition) is 3. The van der Waals surface area contributed by atoms with Gasteiger partial charge in [0.2, 0.25) is 0 Å². The van der Waals surface area contributed by atoms with Gasteiger partial charge in [0.1, 0.15) is 11.5 Å². The zero-order valence-corrected chi connectivity index (χ0v) is 14.0. The van der Waals surface area contributed by atoms with Gasteiger partial charge in [-0.2, -0.15) is 5.10 Å². The van der Waals surface area contributed by atoms with Gasteiger partial charge < -0.3 is 10.1 Å². The molecule has 0 aliphatic heterocycles. The van der Waals surface area contributed by atoms with Crippen molar-refractivity contribution in [1.29, 1.82) is 0 Å². The van der Waals surface area contributed by atoms with Gasteiger partial charge in [0.15, 0.2) is 0 Å². The third-order valence-corrected chi connectivity index (χ3v) is 4.04. The smallest absolute Gasteiger partial charge is 0.251 e. The molecule has 0 saturated carbocycles. The first-order valence-electron chi connectivity index (χ1n) is 8.32. The van der Waals surface area contributed by atoms with E-state index in [1.54, 1.807) is 35.0 Å². The summed E-state index contributed by atoms with van der Waals surface area (Å²) in [5, 5.41) is 7.20. The lowest BCUT2D eigenvalue weighted by Crippen LogP contribution is -2.22. The van der Waals surface area contributed by atoms with Crippen molar-refractivity contribution in [2.24, 2.45) is 0 Å². The first kappa shape index (κ1) is 15.9. The molecule has 0 aliphatic carbocycles. The Morgan fingerprint density at radius 3 is 2.46 bits per heavy atom. The number of hydrogen-bond donors (Lipinski definition) is 1. The second-order valence-electron chi connectivity index (χ2n) is 5.82. The van der Waals surface area contributed by atoms with E-state index in [1.807, 2.05) is 54.7 Å². The Morgan fingerprint density at radius 2 is 1.65 bits per heavy atom. The molecule has 0 atom stereocenters. The minimum absolute atomic E-state index is 0.133. The Balaban J connectivity index is 1.40. The molecule has 0 bridgehead atoms. The van der Waals surface area contributed by atoms with Gasteiger partial charge in [-0.25, -0.2) is 4.52 Å². The lowest BCUT2D eigenvalue weighted by molar-refractivity contribution is 0.0951. The molecule has 4 aromatic rings. The summed E-state index contributed by atoms with van der Waals surface area (Å²) in [5.74, 6) is 1.32. The number of nitrogens with zero attached hydrogens (tertiary/aromatic N) is 2. The maximum absolute atomic E-state index is 12.4. The largest absolute Gasteiger partial charge is 0.457 e. The first-order valence-corrected chi connectivity index (χ1v) is 8.32. The van der Waals surface area contributed by atoms with E-state index < -0.39 is 0 Å². The van der Waals surface area contributed by atoms with Crippen LogP contribution in [0, 0.1) is 0 Å². The molecule has 2 aromatic carbocycles. The van der Waals surface area contributed by atoms with Gasteiger partial charge in [-0.15, -0.1) is 0 Å². The van der Waals surface area contributed by atoms with Gasteiger partial charge >= 0.3 is 0 Å². The standard InChI is InChI=1S/C21H17N3O2/c25-21(22-14-17-15-23-24-13-5-4-8-20(17)24)16-9-11-19(12-10-16)26-18-6-2-1-3-7-18/h1-13,15H,14H2,(H,22,25). The summed E-state index contributed by atoms with van der Waals surface area (Å²) in [4.78, 5) is 12.4. The summed E-state index contributed by atoms with van der Waals surface area (Å²) >= 11 is 0. The number of fused-ring (bicyclic) bond motifs is 1. The Labute approximate surface area is 150 Å². The number of para-hydroxylation sites is 1. The molecule has 1 N–H and O–H groups in total. The molecule has 2 aromatic heterocycles. The maximum Gasteiger partial charge on any atom is 0.251 e. The summed E-state index contributed by atoms with van der Waals surface area (Å²) in [6, 6.07) is 22.5.